The van der Waals surface area contributed by atoms with Crippen molar-refractivity contribution in [3.05, 3.63) is 22.1 Å². The van der Waals surface area contributed by atoms with Crippen molar-refractivity contribution < 1.29 is 9.31 Å². The minimum Gasteiger partial charge on any atom is -0.400 e. The van der Waals surface area contributed by atoms with Crippen molar-refractivity contribution in [2.24, 2.45) is 0 Å². The average Bonchev–Trinajstić information content (AvgIpc) is 2.79. The lowest BCUT2D eigenvalue weighted by Crippen LogP contribution is -2.41. The van der Waals surface area contributed by atoms with Gasteiger partial charge in [-0.3, -0.25) is 0 Å². The van der Waals surface area contributed by atoms with Gasteiger partial charge in [0.25, 0.3) is 0 Å². The van der Waals surface area contributed by atoms with Crippen molar-refractivity contribution in [3.63, 3.8) is 0 Å². The maximum absolute atomic E-state index is 5.89. The summed E-state index contributed by atoms with van der Waals surface area (Å²) in [5, 5.41) is 1.00. The Hall–Kier alpha value is -0.645. The third-order valence-electron chi connectivity index (χ3n) is 3.59. The van der Waals surface area contributed by atoms with Gasteiger partial charge < -0.3 is 9.31 Å². The van der Waals surface area contributed by atoms with Gasteiger partial charge in [-0.25, -0.2) is 4.98 Å². The number of aromatic nitrogens is 1. The Morgan fingerprint density at radius 2 is 1.89 bits per heavy atom. The molecule has 0 unspecified atom stereocenters. The average molecular weight is 265 g/mol. The van der Waals surface area contributed by atoms with E-state index in [-0.39, 0.29) is 18.3 Å². The number of aryl methyl sites for hydroxylation is 1. The molecule has 18 heavy (non-hydrogen) atoms. The van der Waals surface area contributed by atoms with Crippen molar-refractivity contribution in [2.45, 2.75) is 52.2 Å². The molecule has 1 aliphatic heterocycles. The maximum Gasteiger partial charge on any atom is 0.487 e. The van der Waals surface area contributed by atoms with Crippen LogP contribution < -0.4 is 0 Å². The predicted molar refractivity (Wildman–Crippen MR) is 76.6 cm³/mol. The lowest BCUT2D eigenvalue weighted by molar-refractivity contribution is 0.00578. The molecule has 5 heteroatoms. The van der Waals surface area contributed by atoms with Gasteiger partial charge in [0.15, 0.2) is 0 Å². The van der Waals surface area contributed by atoms with Gasteiger partial charge in [0, 0.05) is 11.1 Å². The fourth-order valence-electron chi connectivity index (χ4n) is 1.69. The molecule has 1 aromatic heterocycles. The first kappa shape index (κ1) is 13.8. The molecule has 2 heterocycles. The van der Waals surface area contributed by atoms with E-state index < -0.39 is 0 Å². The first-order chi connectivity index (χ1) is 8.34. The fourth-order valence-corrected chi connectivity index (χ4v) is 2.46. The first-order valence-electron chi connectivity index (χ1n) is 6.32. The van der Waals surface area contributed by atoms with Gasteiger partial charge in [-0.1, -0.05) is 12.9 Å². The quantitative estimate of drug-likeness (QED) is 0.785. The largest absolute Gasteiger partial charge is 0.487 e. The van der Waals surface area contributed by atoms with Crippen LogP contribution in [0.25, 0.3) is 6.08 Å². The van der Waals surface area contributed by atoms with Crippen molar-refractivity contribution in [3.8, 4) is 0 Å². The first-order valence-corrected chi connectivity index (χ1v) is 7.14. The minimum atomic E-state index is -0.288. The summed E-state index contributed by atoms with van der Waals surface area (Å²) in [5.74, 6) is 1.94. The van der Waals surface area contributed by atoms with Crippen molar-refractivity contribution in [1.29, 1.82) is 0 Å². The summed E-state index contributed by atoms with van der Waals surface area (Å²) >= 11 is 1.71. The molecule has 2 rings (SSSR count). The molecule has 0 saturated carbocycles. The smallest absolute Gasteiger partial charge is 0.400 e. The van der Waals surface area contributed by atoms with Gasteiger partial charge in [0.2, 0.25) is 0 Å². The number of rotatable bonds is 3. The second-order valence-corrected chi connectivity index (χ2v) is 6.65. The van der Waals surface area contributed by atoms with Gasteiger partial charge in [-0.2, -0.15) is 0 Å². The molecule has 0 bridgehead atoms. The van der Waals surface area contributed by atoms with Gasteiger partial charge in [0.05, 0.1) is 11.2 Å². The highest BCUT2D eigenvalue weighted by Crippen LogP contribution is 2.37. The molecule has 1 saturated heterocycles. The maximum atomic E-state index is 5.89. The Morgan fingerprint density at radius 3 is 2.39 bits per heavy atom. The Bertz CT molecular complexity index is 438. The lowest BCUT2D eigenvalue weighted by atomic mass is 9.90. The lowest BCUT2D eigenvalue weighted by Gasteiger charge is -2.32. The summed E-state index contributed by atoms with van der Waals surface area (Å²) in [6.07, 6.45) is 4.93. The van der Waals surface area contributed by atoms with Crippen LogP contribution >= 0.6 is 11.3 Å². The van der Waals surface area contributed by atoms with Gasteiger partial charge in [-0.05, 0) is 40.2 Å². The molecule has 0 radical (unpaired) electrons. The normalized spacial score (nSPS) is 21.9. The molecular weight excluding hydrogens is 245 g/mol. The molecule has 0 atom stereocenters. The monoisotopic (exact) mass is 265 g/mol. The third-order valence-corrected chi connectivity index (χ3v) is 4.69. The van der Waals surface area contributed by atoms with E-state index in [0.717, 1.165) is 11.4 Å². The molecule has 1 aliphatic rings. The summed E-state index contributed by atoms with van der Waals surface area (Å²) in [4.78, 5) is 5.64. The van der Waals surface area contributed by atoms with E-state index >= 15 is 0 Å². The zero-order valence-corrected chi connectivity index (χ0v) is 12.5. The van der Waals surface area contributed by atoms with Gasteiger partial charge in [-0.15, -0.1) is 11.3 Å². The second kappa shape index (κ2) is 4.80. The third kappa shape index (κ3) is 2.68. The van der Waals surface area contributed by atoms with Crippen LogP contribution in [0.1, 0.15) is 44.5 Å². The van der Waals surface area contributed by atoms with Crippen molar-refractivity contribution in [2.75, 3.05) is 0 Å². The van der Waals surface area contributed by atoms with Crippen LogP contribution in [-0.2, 0) is 15.7 Å². The number of nitrogens with zero attached hydrogens (tertiary/aromatic N) is 1. The van der Waals surface area contributed by atoms with E-state index in [9.17, 15) is 0 Å². The van der Waals surface area contributed by atoms with Crippen LogP contribution in [-0.4, -0.2) is 23.3 Å². The SMILES string of the molecule is CCc1cnc(/C=C/B2OC(C)(C)C(C)(C)O2)s1. The van der Waals surface area contributed by atoms with Crippen LogP contribution in [0.4, 0.5) is 0 Å². The summed E-state index contributed by atoms with van der Waals surface area (Å²) in [6.45, 7) is 10.4. The standard InChI is InChI=1S/C13H20BNO2S/c1-6-10-9-15-11(18-10)7-8-14-16-12(2,3)13(4,5)17-14/h7-9H,6H2,1-5H3/b8-7+. The summed E-state index contributed by atoms with van der Waals surface area (Å²) in [7, 11) is -0.288. The highest BCUT2D eigenvalue weighted by molar-refractivity contribution is 7.12. The van der Waals surface area contributed by atoms with Crippen LogP contribution in [0.5, 0.6) is 0 Å². The second-order valence-electron chi connectivity index (χ2n) is 5.50. The van der Waals surface area contributed by atoms with E-state index in [1.54, 1.807) is 11.3 Å². The van der Waals surface area contributed by atoms with E-state index in [4.69, 9.17) is 9.31 Å². The topological polar surface area (TPSA) is 31.4 Å². The molecular formula is C13H20BNO2S. The van der Waals surface area contributed by atoms with E-state index in [1.807, 2.05) is 18.2 Å². The zero-order valence-electron chi connectivity index (χ0n) is 11.7. The van der Waals surface area contributed by atoms with Crippen LogP contribution in [0.2, 0.25) is 0 Å². The summed E-state index contributed by atoms with van der Waals surface area (Å²) in [6, 6.07) is 0. The van der Waals surface area contributed by atoms with Crippen LogP contribution in [0.3, 0.4) is 0 Å². The van der Waals surface area contributed by atoms with E-state index in [1.165, 1.54) is 4.88 Å². The Balaban J connectivity index is 2.03. The van der Waals surface area contributed by atoms with Crippen LogP contribution in [0, 0.1) is 0 Å². The molecule has 0 aromatic carbocycles. The van der Waals surface area contributed by atoms with E-state index in [2.05, 4.69) is 39.6 Å². The molecule has 1 aromatic rings. The van der Waals surface area contributed by atoms with E-state index in [0.29, 0.717) is 0 Å². The molecule has 3 nitrogen and oxygen atoms in total. The minimum absolute atomic E-state index is 0.278. The molecule has 0 spiro atoms. The van der Waals surface area contributed by atoms with Crippen molar-refractivity contribution in [1.82, 2.24) is 4.98 Å². The fraction of sp³-hybridized carbons (Fsp3) is 0.615. The Morgan fingerprint density at radius 1 is 1.28 bits per heavy atom. The number of hydrogen-bond donors (Lipinski definition) is 0. The highest BCUT2D eigenvalue weighted by Gasteiger charge is 2.49. The Labute approximate surface area is 113 Å². The predicted octanol–water partition coefficient (Wildman–Crippen LogP) is 3.35. The number of hydrogen-bond acceptors (Lipinski definition) is 4. The zero-order chi connectivity index (χ0) is 13.4. The molecule has 0 amide bonds. The molecule has 98 valence electrons. The van der Waals surface area contributed by atoms with Gasteiger partial charge in [0.1, 0.15) is 5.01 Å². The Kier molecular flexibility index (Phi) is 3.67. The molecule has 1 fully saturated rings. The van der Waals surface area contributed by atoms with Crippen molar-refractivity contribution >= 4 is 24.5 Å². The van der Waals surface area contributed by atoms with Gasteiger partial charge >= 0.3 is 7.12 Å². The van der Waals surface area contributed by atoms with Crippen LogP contribution in [0.15, 0.2) is 12.2 Å². The molecule has 0 N–H and O–H groups in total. The number of thiazole rings is 1. The molecule has 0 aliphatic carbocycles. The summed E-state index contributed by atoms with van der Waals surface area (Å²) < 4.78 is 11.8. The highest BCUT2D eigenvalue weighted by atomic mass is 32.1. The summed E-state index contributed by atoms with van der Waals surface area (Å²) in [5.41, 5.74) is -0.557.